The quantitative estimate of drug-likeness (QED) is 0.584. The number of nitrogens with zero attached hydrogens (tertiary/aromatic N) is 2. The standard InChI is InChI=1S/C27H28N2O3/c1-18-16-21(19-9-11-22(31-2)12-10-19)17-24(28-18)25-8-5-14-29(25)27(30)26-23-7-4-3-6-20(23)13-15-32-26/h3-4,6-7,9-12,16-17,25-26H,5,8,13-15H2,1-2H3/t25-,26-/m1/s1. The maximum absolute atomic E-state index is 13.6. The molecule has 3 heterocycles. The lowest BCUT2D eigenvalue weighted by Gasteiger charge is -2.32. The molecule has 0 aliphatic carbocycles. The lowest BCUT2D eigenvalue weighted by Crippen LogP contribution is -2.38. The summed E-state index contributed by atoms with van der Waals surface area (Å²) >= 11 is 0. The number of rotatable bonds is 4. The lowest BCUT2D eigenvalue weighted by atomic mass is 9.96. The van der Waals surface area contributed by atoms with E-state index in [1.54, 1.807) is 7.11 Å². The van der Waals surface area contributed by atoms with Gasteiger partial charge < -0.3 is 14.4 Å². The summed E-state index contributed by atoms with van der Waals surface area (Å²) in [4.78, 5) is 20.4. The summed E-state index contributed by atoms with van der Waals surface area (Å²) in [5.74, 6) is 0.883. The maximum atomic E-state index is 13.6. The first-order chi connectivity index (χ1) is 15.6. The summed E-state index contributed by atoms with van der Waals surface area (Å²) < 4.78 is 11.3. The summed E-state index contributed by atoms with van der Waals surface area (Å²) in [7, 11) is 1.67. The summed E-state index contributed by atoms with van der Waals surface area (Å²) in [5, 5.41) is 0. The molecule has 5 rings (SSSR count). The van der Waals surface area contributed by atoms with Gasteiger partial charge in [0.15, 0.2) is 6.10 Å². The largest absolute Gasteiger partial charge is 0.497 e. The highest BCUT2D eigenvalue weighted by Gasteiger charge is 2.37. The molecular formula is C27H28N2O3. The Hall–Kier alpha value is -3.18. The third-order valence-corrected chi connectivity index (χ3v) is 6.49. The highest BCUT2D eigenvalue weighted by atomic mass is 16.5. The molecule has 2 aliphatic rings. The van der Waals surface area contributed by atoms with E-state index in [2.05, 4.69) is 30.3 Å². The Morgan fingerprint density at radius 1 is 1.09 bits per heavy atom. The van der Waals surface area contributed by atoms with E-state index in [0.29, 0.717) is 6.61 Å². The van der Waals surface area contributed by atoms with Gasteiger partial charge in [-0.05, 0) is 72.7 Å². The van der Waals surface area contributed by atoms with Crippen LogP contribution in [0.5, 0.6) is 5.75 Å². The summed E-state index contributed by atoms with van der Waals surface area (Å²) in [5.41, 5.74) is 6.33. The van der Waals surface area contributed by atoms with Gasteiger partial charge in [0.05, 0.1) is 25.5 Å². The van der Waals surface area contributed by atoms with Crippen LogP contribution in [0.2, 0.25) is 0 Å². The summed E-state index contributed by atoms with van der Waals surface area (Å²) in [6, 6.07) is 20.4. The zero-order valence-electron chi connectivity index (χ0n) is 18.6. The van der Waals surface area contributed by atoms with Crippen molar-refractivity contribution in [3.8, 4) is 16.9 Å². The van der Waals surface area contributed by atoms with E-state index in [4.69, 9.17) is 14.5 Å². The Balaban J connectivity index is 1.45. The number of ether oxygens (including phenoxy) is 2. The van der Waals surface area contributed by atoms with E-state index < -0.39 is 6.10 Å². The third-order valence-electron chi connectivity index (χ3n) is 6.49. The lowest BCUT2D eigenvalue weighted by molar-refractivity contribution is -0.146. The number of fused-ring (bicyclic) bond motifs is 1. The van der Waals surface area contributed by atoms with Gasteiger partial charge in [-0.15, -0.1) is 0 Å². The molecule has 0 unspecified atom stereocenters. The Kier molecular flexibility index (Phi) is 5.66. The van der Waals surface area contributed by atoms with Crippen LogP contribution in [0.4, 0.5) is 0 Å². The molecule has 5 nitrogen and oxygen atoms in total. The van der Waals surface area contributed by atoms with Crippen LogP contribution >= 0.6 is 0 Å². The summed E-state index contributed by atoms with van der Waals surface area (Å²) in [6.45, 7) is 3.33. The van der Waals surface area contributed by atoms with Crippen molar-refractivity contribution in [2.75, 3.05) is 20.3 Å². The van der Waals surface area contributed by atoms with Crippen molar-refractivity contribution in [2.45, 2.75) is 38.3 Å². The maximum Gasteiger partial charge on any atom is 0.256 e. The van der Waals surface area contributed by atoms with Crippen LogP contribution in [0.3, 0.4) is 0 Å². The van der Waals surface area contributed by atoms with E-state index in [0.717, 1.165) is 59.6 Å². The molecule has 1 amide bonds. The van der Waals surface area contributed by atoms with Gasteiger partial charge in [0, 0.05) is 12.2 Å². The first kappa shape index (κ1) is 20.7. The molecule has 2 atom stereocenters. The second kappa shape index (κ2) is 8.75. The molecule has 0 saturated carbocycles. The molecule has 0 N–H and O–H groups in total. The minimum atomic E-state index is -0.522. The van der Waals surface area contributed by atoms with Gasteiger partial charge in [0.25, 0.3) is 5.91 Å². The normalized spacial score (nSPS) is 20.1. The molecule has 32 heavy (non-hydrogen) atoms. The average molecular weight is 429 g/mol. The van der Waals surface area contributed by atoms with Crippen LogP contribution in [0.25, 0.3) is 11.1 Å². The number of benzene rings is 2. The second-order valence-electron chi connectivity index (χ2n) is 8.54. The molecule has 2 aliphatic heterocycles. The van der Waals surface area contributed by atoms with Gasteiger partial charge >= 0.3 is 0 Å². The molecule has 1 fully saturated rings. The molecule has 5 heteroatoms. The minimum Gasteiger partial charge on any atom is -0.497 e. The number of likely N-dealkylation sites (tertiary alicyclic amines) is 1. The SMILES string of the molecule is COc1ccc(-c2cc(C)nc([C@H]3CCCN3C(=O)[C@@H]3OCCc4ccccc43)c2)cc1. The van der Waals surface area contributed by atoms with E-state index in [1.807, 2.05) is 42.2 Å². The monoisotopic (exact) mass is 428 g/mol. The van der Waals surface area contributed by atoms with Gasteiger partial charge in [0.1, 0.15) is 5.75 Å². The molecular weight excluding hydrogens is 400 g/mol. The van der Waals surface area contributed by atoms with Crippen LogP contribution in [-0.4, -0.2) is 36.1 Å². The zero-order chi connectivity index (χ0) is 22.1. The van der Waals surface area contributed by atoms with Crippen LogP contribution in [0.15, 0.2) is 60.7 Å². The van der Waals surface area contributed by atoms with Gasteiger partial charge in [-0.25, -0.2) is 0 Å². The first-order valence-corrected chi connectivity index (χ1v) is 11.3. The number of amides is 1. The van der Waals surface area contributed by atoms with Gasteiger partial charge in [-0.3, -0.25) is 9.78 Å². The number of hydrogen-bond acceptors (Lipinski definition) is 4. The molecule has 0 radical (unpaired) electrons. The van der Waals surface area contributed by atoms with Crippen molar-refractivity contribution in [3.63, 3.8) is 0 Å². The highest BCUT2D eigenvalue weighted by molar-refractivity contribution is 5.83. The first-order valence-electron chi connectivity index (χ1n) is 11.3. The summed E-state index contributed by atoms with van der Waals surface area (Å²) in [6.07, 6.45) is 2.22. The fourth-order valence-electron chi connectivity index (χ4n) is 4.90. The van der Waals surface area contributed by atoms with Crippen molar-refractivity contribution in [1.82, 2.24) is 9.88 Å². The third kappa shape index (κ3) is 3.89. The fourth-order valence-corrected chi connectivity index (χ4v) is 4.90. The Morgan fingerprint density at radius 3 is 2.72 bits per heavy atom. The number of pyridine rings is 1. The van der Waals surface area contributed by atoms with Gasteiger partial charge in [-0.1, -0.05) is 36.4 Å². The Labute approximate surface area is 189 Å². The number of methoxy groups -OCH3 is 1. The predicted molar refractivity (Wildman–Crippen MR) is 123 cm³/mol. The van der Waals surface area contributed by atoms with Gasteiger partial charge in [0.2, 0.25) is 0 Å². The van der Waals surface area contributed by atoms with E-state index in [-0.39, 0.29) is 11.9 Å². The highest BCUT2D eigenvalue weighted by Crippen LogP contribution is 2.37. The van der Waals surface area contributed by atoms with Crippen molar-refractivity contribution in [2.24, 2.45) is 0 Å². The number of carbonyl (C=O) groups excluding carboxylic acids is 1. The molecule has 164 valence electrons. The molecule has 1 aromatic heterocycles. The molecule has 2 aromatic carbocycles. The smallest absolute Gasteiger partial charge is 0.256 e. The number of hydrogen-bond donors (Lipinski definition) is 0. The van der Waals surface area contributed by atoms with Crippen LogP contribution < -0.4 is 4.74 Å². The average Bonchev–Trinajstić information content (AvgIpc) is 3.33. The minimum absolute atomic E-state index is 0.0305. The predicted octanol–water partition coefficient (Wildman–Crippen LogP) is 5.04. The van der Waals surface area contributed by atoms with Crippen LogP contribution in [0, 0.1) is 6.92 Å². The Morgan fingerprint density at radius 2 is 1.91 bits per heavy atom. The Bertz CT molecular complexity index is 1130. The molecule has 0 spiro atoms. The number of carbonyl (C=O) groups is 1. The van der Waals surface area contributed by atoms with E-state index in [9.17, 15) is 4.79 Å². The van der Waals surface area contributed by atoms with Crippen molar-refractivity contribution in [1.29, 1.82) is 0 Å². The van der Waals surface area contributed by atoms with E-state index >= 15 is 0 Å². The van der Waals surface area contributed by atoms with Gasteiger partial charge in [-0.2, -0.15) is 0 Å². The van der Waals surface area contributed by atoms with Crippen molar-refractivity contribution >= 4 is 5.91 Å². The van der Waals surface area contributed by atoms with Crippen LogP contribution in [0.1, 0.15) is 47.5 Å². The zero-order valence-corrected chi connectivity index (χ0v) is 18.6. The second-order valence-corrected chi connectivity index (χ2v) is 8.54. The number of aryl methyl sites for hydroxylation is 1. The fraction of sp³-hybridized carbons (Fsp3) is 0.333. The topological polar surface area (TPSA) is 51.7 Å². The molecule has 0 bridgehead atoms. The number of aromatic nitrogens is 1. The molecule has 3 aromatic rings. The molecule has 1 saturated heterocycles. The van der Waals surface area contributed by atoms with Crippen molar-refractivity contribution < 1.29 is 14.3 Å². The van der Waals surface area contributed by atoms with Crippen molar-refractivity contribution in [3.05, 3.63) is 83.2 Å². The van der Waals surface area contributed by atoms with Crippen LogP contribution in [-0.2, 0) is 16.0 Å². The van der Waals surface area contributed by atoms with E-state index in [1.165, 1.54) is 5.56 Å².